The lowest BCUT2D eigenvalue weighted by Crippen LogP contribution is -2.23. The molecule has 98 valence electrons. The van der Waals surface area contributed by atoms with Crippen LogP contribution >= 0.6 is 0 Å². The molecule has 0 spiro atoms. The van der Waals surface area contributed by atoms with Crippen LogP contribution in [0.3, 0.4) is 0 Å². The van der Waals surface area contributed by atoms with Gasteiger partial charge in [0.2, 0.25) is 5.91 Å². The summed E-state index contributed by atoms with van der Waals surface area (Å²) in [4.78, 5) is 16.1. The highest BCUT2D eigenvalue weighted by molar-refractivity contribution is 5.93. The van der Waals surface area contributed by atoms with Crippen molar-refractivity contribution >= 4 is 22.5 Å². The fourth-order valence-electron chi connectivity index (χ4n) is 2.04. The SMILES string of the molecule is O=C(CCNC1CC1)Nc1cnc2ccccc2c1. The molecule has 3 rings (SSSR count). The number of nitrogens with one attached hydrogen (secondary N) is 2. The Morgan fingerprint density at radius 2 is 2.16 bits per heavy atom. The van der Waals surface area contributed by atoms with Crippen molar-refractivity contribution in [3.8, 4) is 0 Å². The van der Waals surface area contributed by atoms with Crippen LogP contribution < -0.4 is 10.6 Å². The van der Waals surface area contributed by atoms with E-state index in [1.807, 2.05) is 30.3 Å². The van der Waals surface area contributed by atoms with Gasteiger partial charge in [-0.15, -0.1) is 0 Å². The molecule has 1 amide bonds. The molecule has 2 N–H and O–H groups in total. The van der Waals surface area contributed by atoms with E-state index in [9.17, 15) is 4.79 Å². The first kappa shape index (κ1) is 12.1. The number of anilines is 1. The summed E-state index contributed by atoms with van der Waals surface area (Å²) in [6.45, 7) is 0.748. The molecule has 0 atom stereocenters. The van der Waals surface area contributed by atoms with E-state index < -0.39 is 0 Å². The van der Waals surface area contributed by atoms with Gasteiger partial charge in [-0.05, 0) is 25.0 Å². The smallest absolute Gasteiger partial charge is 0.225 e. The van der Waals surface area contributed by atoms with Crippen LogP contribution in [0.2, 0.25) is 0 Å². The highest BCUT2D eigenvalue weighted by Crippen LogP contribution is 2.18. The molecule has 1 saturated carbocycles. The fourth-order valence-corrected chi connectivity index (χ4v) is 2.04. The first-order valence-electron chi connectivity index (χ1n) is 6.69. The van der Waals surface area contributed by atoms with E-state index in [4.69, 9.17) is 0 Å². The molecule has 4 heteroatoms. The molecule has 1 aliphatic rings. The van der Waals surface area contributed by atoms with Gasteiger partial charge in [-0.3, -0.25) is 9.78 Å². The molecular formula is C15H17N3O. The second-order valence-corrected chi connectivity index (χ2v) is 4.94. The number of benzene rings is 1. The average Bonchev–Trinajstić information content (AvgIpc) is 3.23. The van der Waals surface area contributed by atoms with E-state index in [2.05, 4.69) is 15.6 Å². The van der Waals surface area contributed by atoms with Gasteiger partial charge in [0.25, 0.3) is 0 Å². The van der Waals surface area contributed by atoms with Crippen LogP contribution in [0.4, 0.5) is 5.69 Å². The van der Waals surface area contributed by atoms with Gasteiger partial charge in [0, 0.05) is 24.4 Å². The summed E-state index contributed by atoms with van der Waals surface area (Å²) in [6, 6.07) is 10.5. The zero-order chi connectivity index (χ0) is 13.1. The number of pyridine rings is 1. The second-order valence-electron chi connectivity index (χ2n) is 4.94. The van der Waals surface area contributed by atoms with Crippen LogP contribution in [0.5, 0.6) is 0 Å². The minimum absolute atomic E-state index is 0.0326. The largest absolute Gasteiger partial charge is 0.325 e. The predicted molar refractivity (Wildman–Crippen MR) is 76.0 cm³/mol. The van der Waals surface area contributed by atoms with Crippen molar-refractivity contribution in [1.82, 2.24) is 10.3 Å². The van der Waals surface area contributed by atoms with Crippen LogP contribution in [-0.2, 0) is 4.79 Å². The summed E-state index contributed by atoms with van der Waals surface area (Å²) < 4.78 is 0. The highest BCUT2D eigenvalue weighted by atomic mass is 16.1. The first-order chi connectivity index (χ1) is 9.31. The topological polar surface area (TPSA) is 54.0 Å². The molecule has 1 aromatic heterocycles. The Morgan fingerprint density at radius 1 is 1.32 bits per heavy atom. The van der Waals surface area contributed by atoms with E-state index in [0.717, 1.165) is 23.1 Å². The summed E-state index contributed by atoms with van der Waals surface area (Å²) in [7, 11) is 0. The summed E-state index contributed by atoms with van der Waals surface area (Å²) in [5.41, 5.74) is 1.70. The van der Waals surface area contributed by atoms with Crippen LogP contribution in [0.25, 0.3) is 10.9 Å². The molecule has 1 aliphatic carbocycles. The van der Waals surface area contributed by atoms with Gasteiger partial charge < -0.3 is 10.6 Å². The maximum Gasteiger partial charge on any atom is 0.225 e. The zero-order valence-electron chi connectivity index (χ0n) is 10.7. The van der Waals surface area contributed by atoms with Gasteiger partial charge in [0.05, 0.1) is 17.4 Å². The highest BCUT2D eigenvalue weighted by Gasteiger charge is 2.20. The lowest BCUT2D eigenvalue weighted by molar-refractivity contribution is -0.116. The van der Waals surface area contributed by atoms with Gasteiger partial charge in [0.15, 0.2) is 0 Å². The molecule has 19 heavy (non-hydrogen) atoms. The quantitative estimate of drug-likeness (QED) is 0.862. The van der Waals surface area contributed by atoms with Gasteiger partial charge in [0.1, 0.15) is 0 Å². The second kappa shape index (κ2) is 5.36. The van der Waals surface area contributed by atoms with Gasteiger partial charge in [-0.25, -0.2) is 0 Å². The van der Waals surface area contributed by atoms with E-state index in [0.29, 0.717) is 12.5 Å². The zero-order valence-corrected chi connectivity index (χ0v) is 10.7. The standard InChI is InChI=1S/C15H17N3O/c19-15(7-8-16-12-5-6-12)18-13-9-11-3-1-2-4-14(11)17-10-13/h1-4,9-10,12,16H,5-8H2,(H,18,19). The van der Waals surface area contributed by atoms with Crippen molar-refractivity contribution in [3.05, 3.63) is 36.5 Å². The third kappa shape index (κ3) is 3.29. The van der Waals surface area contributed by atoms with Crippen LogP contribution in [-0.4, -0.2) is 23.5 Å². The number of hydrogen-bond donors (Lipinski definition) is 2. The fraction of sp³-hybridized carbons (Fsp3) is 0.333. The maximum atomic E-state index is 11.8. The van der Waals surface area contributed by atoms with Crippen molar-refractivity contribution in [3.63, 3.8) is 0 Å². The van der Waals surface area contributed by atoms with E-state index in [1.165, 1.54) is 12.8 Å². The number of amides is 1. The summed E-state index contributed by atoms with van der Waals surface area (Å²) >= 11 is 0. The van der Waals surface area contributed by atoms with Gasteiger partial charge >= 0.3 is 0 Å². The van der Waals surface area contributed by atoms with Gasteiger partial charge in [-0.2, -0.15) is 0 Å². The Bertz CT molecular complexity index is 593. The monoisotopic (exact) mass is 255 g/mol. The molecular weight excluding hydrogens is 238 g/mol. The molecule has 0 saturated heterocycles. The van der Waals surface area contributed by atoms with Crippen molar-refractivity contribution in [2.75, 3.05) is 11.9 Å². The summed E-state index contributed by atoms with van der Waals surface area (Å²) in [5.74, 6) is 0.0326. The van der Waals surface area contributed by atoms with Crippen LogP contribution in [0, 0.1) is 0 Å². The molecule has 1 aromatic carbocycles. The van der Waals surface area contributed by atoms with E-state index in [-0.39, 0.29) is 5.91 Å². The normalized spacial score (nSPS) is 14.5. The summed E-state index contributed by atoms with van der Waals surface area (Å²) in [5, 5.41) is 7.25. The van der Waals surface area contributed by atoms with E-state index >= 15 is 0 Å². The predicted octanol–water partition coefficient (Wildman–Crippen LogP) is 2.32. The number of carbonyl (C=O) groups excluding carboxylic acids is 1. The number of nitrogens with zero attached hydrogens (tertiary/aromatic N) is 1. The number of aromatic nitrogens is 1. The summed E-state index contributed by atoms with van der Waals surface area (Å²) in [6.07, 6.45) is 4.70. The molecule has 4 nitrogen and oxygen atoms in total. The Balaban J connectivity index is 1.58. The third-order valence-corrected chi connectivity index (χ3v) is 3.24. The molecule has 2 aromatic rings. The molecule has 0 unspecified atom stereocenters. The molecule has 1 fully saturated rings. The van der Waals surface area contributed by atoms with Crippen molar-refractivity contribution in [2.24, 2.45) is 0 Å². The first-order valence-corrected chi connectivity index (χ1v) is 6.69. The Morgan fingerprint density at radius 3 is 3.00 bits per heavy atom. The minimum Gasteiger partial charge on any atom is -0.325 e. The van der Waals surface area contributed by atoms with E-state index in [1.54, 1.807) is 6.20 Å². The molecule has 0 bridgehead atoms. The molecule has 0 aliphatic heterocycles. The third-order valence-electron chi connectivity index (χ3n) is 3.24. The Hall–Kier alpha value is -1.94. The van der Waals surface area contributed by atoms with Crippen LogP contribution in [0.1, 0.15) is 19.3 Å². The Labute approximate surface area is 112 Å². The van der Waals surface area contributed by atoms with Gasteiger partial charge in [-0.1, -0.05) is 18.2 Å². The number of para-hydroxylation sites is 1. The van der Waals surface area contributed by atoms with Crippen molar-refractivity contribution < 1.29 is 4.79 Å². The Kier molecular flexibility index (Phi) is 3.42. The lowest BCUT2D eigenvalue weighted by atomic mass is 10.2. The average molecular weight is 255 g/mol. The number of hydrogen-bond acceptors (Lipinski definition) is 3. The minimum atomic E-state index is 0.0326. The molecule has 0 radical (unpaired) electrons. The van der Waals surface area contributed by atoms with Crippen molar-refractivity contribution in [2.45, 2.75) is 25.3 Å². The maximum absolute atomic E-state index is 11.8. The van der Waals surface area contributed by atoms with Crippen LogP contribution in [0.15, 0.2) is 36.5 Å². The van der Waals surface area contributed by atoms with Crippen molar-refractivity contribution in [1.29, 1.82) is 0 Å². The molecule has 1 heterocycles. The lowest BCUT2D eigenvalue weighted by Gasteiger charge is -2.06. The number of rotatable bonds is 5. The number of fused-ring (bicyclic) bond motifs is 1. The number of carbonyl (C=O) groups is 1.